The van der Waals surface area contributed by atoms with E-state index < -0.39 is 0 Å². The average Bonchev–Trinajstić information content (AvgIpc) is 3.14. The van der Waals surface area contributed by atoms with Crippen molar-refractivity contribution in [2.45, 2.75) is 38.3 Å². The zero-order chi connectivity index (χ0) is 20.0. The Bertz CT molecular complexity index is 937. The monoisotopic (exact) mass is 395 g/mol. The maximum Gasteiger partial charge on any atom is 0.253 e. The maximum atomic E-state index is 13.4. The Balaban J connectivity index is 1.36. The van der Waals surface area contributed by atoms with Crippen molar-refractivity contribution in [2.75, 3.05) is 33.4 Å². The molecule has 3 aliphatic heterocycles. The van der Waals surface area contributed by atoms with E-state index in [0.29, 0.717) is 36.8 Å². The minimum absolute atomic E-state index is 0.122. The van der Waals surface area contributed by atoms with Gasteiger partial charge in [-0.1, -0.05) is 6.07 Å². The Morgan fingerprint density at radius 2 is 2.10 bits per heavy atom. The number of benzene rings is 1. The van der Waals surface area contributed by atoms with Gasteiger partial charge in [0.1, 0.15) is 0 Å². The molecule has 29 heavy (non-hydrogen) atoms. The third-order valence-electron chi connectivity index (χ3n) is 7.02. The van der Waals surface area contributed by atoms with Gasteiger partial charge in [0.05, 0.1) is 6.61 Å². The molecular weight excluding hydrogens is 366 g/mol. The summed E-state index contributed by atoms with van der Waals surface area (Å²) in [6.45, 7) is 3.77. The molecule has 0 saturated carbocycles. The Morgan fingerprint density at radius 3 is 2.97 bits per heavy atom. The Morgan fingerprint density at radius 1 is 1.21 bits per heavy atom. The van der Waals surface area contributed by atoms with E-state index in [-0.39, 0.29) is 5.91 Å². The first-order valence-corrected chi connectivity index (χ1v) is 10.8. The number of hydrogen-bond donors (Lipinski definition) is 0. The molecule has 0 aliphatic carbocycles. The van der Waals surface area contributed by atoms with Crippen LogP contribution in [0.25, 0.3) is 10.9 Å². The van der Waals surface area contributed by atoms with Gasteiger partial charge in [-0.2, -0.15) is 0 Å². The molecule has 1 aromatic carbocycles. The Hall–Kier alpha value is -2.34. The van der Waals surface area contributed by atoms with E-state index in [1.165, 1.54) is 0 Å². The van der Waals surface area contributed by atoms with Gasteiger partial charge in [0.2, 0.25) is 5.91 Å². The van der Waals surface area contributed by atoms with Crippen molar-refractivity contribution >= 4 is 22.7 Å². The number of likely N-dealkylation sites (tertiary alicyclic amines) is 1. The number of rotatable bonds is 4. The number of piperidine rings is 3. The first-order valence-electron chi connectivity index (χ1n) is 10.8. The first-order chi connectivity index (χ1) is 14.1. The van der Waals surface area contributed by atoms with Crippen molar-refractivity contribution in [2.24, 2.45) is 11.8 Å². The van der Waals surface area contributed by atoms with Crippen LogP contribution in [-0.4, -0.2) is 65.6 Å². The molecule has 3 aliphatic rings. The predicted octanol–water partition coefficient (Wildman–Crippen LogP) is 2.76. The second kappa shape index (κ2) is 7.48. The van der Waals surface area contributed by atoms with Gasteiger partial charge in [-0.05, 0) is 54.7 Å². The van der Waals surface area contributed by atoms with Gasteiger partial charge >= 0.3 is 0 Å². The highest BCUT2D eigenvalue weighted by Crippen LogP contribution is 2.38. The van der Waals surface area contributed by atoms with E-state index in [2.05, 4.69) is 21.7 Å². The SMILES string of the molecule is COCCn1ccc2ccc(C(=O)N3C[C@H]4C[C@@H](C3)C3CCCC(=O)N3C4)cc21. The summed E-state index contributed by atoms with van der Waals surface area (Å²) in [7, 11) is 1.70. The molecule has 4 heterocycles. The lowest BCUT2D eigenvalue weighted by molar-refractivity contribution is -0.144. The van der Waals surface area contributed by atoms with Crippen LogP contribution in [0.3, 0.4) is 0 Å². The fourth-order valence-corrected chi connectivity index (χ4v) is 5.66. The van der Waals surface area contributed by atoms with E-state index in [1.54, 1.807) is 7.11 Å². The summed E-state index contributed by atoms with van der Waals surface area (Å²) in [6.07, 6.45) is 5.98. The minimum atomic E-state index is 0.122. The number of methoxy groups -OCH3 is 1. The quantitative estimate of drug-likeness (QED) is 0.800. The fraction of sp³-hybridized carbons (Fsp3) is 0.565. The highest BCUT2D eigenvalue weighted by atomic mass is 16.5. The predicted molar refractivity (Wildman–Crippen MR) is 111 cm³/mol. The van der Waals surface area contributed by atoms with Crippen LogP contribution in [0.1, 0.15) is 36.0 Å². The van der Waals surface area contributed by atoms with Crippen LogP contribution < -0.4 is 0 Å². The van der Waals surface area contributed by atoms with E-state index in [1.807, 2.05) is 23.1 Å². The molecule has 0 radical (unpaired) electrons. The molecule has 0 N–H and O–H groups in total. The number of aromatic nitrogens is 1. The third-order valence-corrected chi connectivity index (χ3v) is 7.02. The molecule has 6 nitrogen and oxygen atoms in total. The lowest BCUT2D eigenvalue weighted by atomic mass is 9.76. The number of carbonyl (C=O) groups excluding carboxylic acids is 2. The van der Waals surface area contributed by atoms with Crippen molar-refractivity contribution in [1.82, 2.24) is 14.4 Å². The average molecular weight is 396 g/mol. The summed E-state index contributed by atoms with van der Waals surface area (Å²) in [4.78, 5) is 29.9. The van der Waals surface area contributed by atoms with Gasteiger partial charge in [0.15, 0.2) is 0 Å². The summed E-state index contributed by atoms with van der Waals surface area (Å²) >= 11 is 0. The minimum Gasteiger partial charge on any atom is -0.383 e. The number of nitrogens with zero attached hydrogens (tertiary/aromatic N) is 3. The summed E-state index contributed by atoms with van der Waals surface area (Å²) in [5.41, 5.74) is 1.83. The molecule has 6 heteroatoms. The van der Waals surface area contributed by atoms with Crippen LogP contribution >= 0.6 is 0 Å². The molecule has 0 spiro atoms. The lowest BCUT2D eigenvalue weighted by Gasteiger charge is -2.52. The van der Waals surface area contributed by atoms with E-state index >= 15 is 0 Å². The van der Waals surface area contributed by atoms with Crippen LogP contribution in [0, 0.1) is 11.8 Å². The highest BCUT2D eigenvalue weighted by Gasteiger charge is 2.44. The molecule has 2 amide bonds. The van der Waals surface area contributed by atoms with Gasteiger partial charge in [0, 0.05) is 63.0 Å². The molecule has 2 aromatic rings. The molecule has 3 fully saturated rings. The largest absolute Gasteiger partial charge is 0.383 e. The number of amides is 2. The van der Waals surface area contributed by atoms with E-state index in [0.717, 1.165) is 61.9 Å². The van der Waals surface area contributed by atoms with Crippen molar-refractivity contribution in [3.63, 3.8) is 0 Å². The fourth-order valence-electron chi connectivity index (χ4n) is 5.66. The van der Waals surface area contributed by atoms with Crippen LogP contribution in [0.2, 0.25) is 0 Å². The molecule has 5 rings (SSSR count). The molecular formula is C23H29N3O3. The normalized spacial score (nSPS) is 26.7. The number of fused-ring (bicyclic) bond motifs is 5. The van der Waals surface area contributed by atoms with E-state index in [9.17, 15) is 9.59 Å². The summed E-state index contributed by atoms with van der Waals surface area (Å²) in [5.74, 6) is 1.27. The van der Waals surface area contributed by atoms with Crippen molar-refractivity contribution in [3.8, 4) is 0 Å². The van der Waals surface area contributed by atoms with Crippen LogP contribution in [0.15, 0.2) is 30.5 Å². The standard InChI is InChI=1S/C23H29N3O3/c1-29-10-9-24-8-7-17-5-6-18(12-21(17)24)23(28)25-13-16-11-19(15-25)20-3-2-4-22(27)26(20)14-16/h5-8,12,16,19-20H,2-4,9-11,13-15H2,1H3/t16-,19+,20?/m1/s1. The molecule has 3 saturated heterocycles. The van der Waals surface area contributed by atoms with Gasteiger partial charge < -0.3 is 19.1 Å². The molecule has 1 aromatic heterocycles. The van der Waals surface area contributed by atoms with Crippen LogP contribution in [0.5, 0.6) is 0 Å². The lowest BCUT2D eigenvalue weighted by Crippen LogP contribution is -2.61. The molecule has 3 atom stereocenters. The smallest absolute Gasteiger partial charge is 0.253 e. The zero-order valence-corrected chi connectivity index (χ0v) is 17.0. The van der Waals surface area contributed by atoms with Crippen molar-refractivity contribution in [3.05, 3.63) is 36.0 Å². The Labute approximate surface area is 171 Å². The summed E-state index contributed by atoms with van der Waals surface area (Å²) < 4.78 is 7.35. The number of hydrogen-bond acceptors (Lipinski definition) is 3. The van der Waals surface area contributed by atoms with Crippen molar-refractivity contribution in [1.29, 1.82) is 0 Å². The number of ether oxygens (including phenoxy) is 1. The molecule has 1 unspecified atom stereocenters. The third kappa shape index (κ3) is 3.33. The Kier molecular flexibility index (Phi) is 4.82. The maximum absolute atomic E-state index is 13.4. The molecule has 154 valence electrons. The van der Waals surface area contributed by atoms with Gasteiger partial charge in [-0.25, -0.2) is 0 Å². The van der Waals surface area contributed by atoms with Gasteiger partial charge in [-0.3, -0.25) is 9.59 Å². The van der Waals surface area contributed by atoms with Crippen LogP contribution in [-0.2, 0) is 16.1 Å². The van der Waals surface area contributed by atoms with Gasteiger partial charge in [0.25, 0.3) is 5.91 Å². The first kappa shape index (κ1) is 18.7. The van der Waals surface area contributed by atoms with Gasteiger partial charge in [-0.15, -0.1) is 0 Å². The second-order valence-electron chi connectivity index (χ2n) is 8.85. The van der Waals surface area contributed by atoms with Crippen molar-refractivity contribution < 1.29 is 14.3 Å². The highest BCUT2D eigenvalue weighted by molar-refractivity contribution is 5.98. The molecule has 2 bridgehead atoms. The van der Waals surface area contributed by atoms with E-state index in [4.69, 9.17) is 4.74 Å². The summed E-state index contributed by atoms with van der Waals surface area (Å²) in [5, 5.41) is 1.14. The van der Waals surface area contributed by atoms with Crippen LogP contribution in [0.4, 0.5) is 0 Å². The number of carbonyl (C=O) groups is 2. The topological polar surface area (TPSA) is 54.8 Å². The second-order valence-corrected chi connectivity index (χ2v) is 8.85. The summed E-state index contributed by atoms with van der Waals surface area (Å²) in [6, 6.07) is 8.43. The zero-order valence-electron chi connectivity index (χ0n) is 17.0.